The molecule has 3 aromatic rings. The summed E-state index contributed by atoms with van der Waals surface area (Å²) in [5.74, 6) is 0.283. The van der Waals surface area contributed by atoms with Crippen molar-refractivity contribution in [3.63, 3.8) is 0 Å². The van der Waals surface area contributed by atoms with Crippen LogP contribution < -0.4 is 4.90 Å². The Labute approximate surface area is 168 Å². The van der Waals surface area contributed by atoms with E-state index in [-0.39, 0.29) is 6.61 Å². The first-order valence-corrected chi connectivity index (χ1v) is 9.69. The number of ether oxygens (including phenoxy) is 1. The molecular weight excluding hydrogens is 376 g/mol. The Morgan fingerprint density at radius 2 is 1.89 bits per heavy atom. The zero-order valence-corrected chi connectivity index (χ0v) is 16.4. The molecule has 2 aromatic heterocycles. The van der Waals surface area contributed by atoms with Gasteiger partial charge in [-0.15, -0.1) is 0 Å². The van der Waals surface area contributed by atoms with Crippen molar-refractivity contribution in [2.45, 2.75) is 26.4 Å². The number of aromatic nitrogens is 3. The third kappa shape index (κ3) is 3.60. The van der Waals surface area contributed by atoms with Gasteiger partial charge in [-0.05, 0) is 44.0 Å². The fraction of sp³-hybridized carbons (Fsp3) is 0.286. The average molecular weight is 397 g/mol. The van der Waals surface area contributed by atoms with Gasteiger partial charge in [-0.2, -0.15) is 5.10 Å². The van der Waals surface area contributed by atoms with Gasteiger partial charge in [0.2, 0.25) is 0 Å². The molecule has 0 spiro atoms. The normalized spacial score (nSPS) is 13.7. The van der Waals surface area contributed by atoms with Gasteiger partial charge in [0, 0.05) is 24.8 Å². The van der Waals surface area contributed by atoms with Crippen molar-refractivity contribution >= 4 is 23.4 Å². The molecule has 0 bridgehead atoms. The Balaban J connectivity index is 1.53. The summed E-state index contributed by atoms with van der Waals surface area (Å²) < 4.78 is 7.23. The molecule has 7 heteroatoms. The summed E-state index contributed by atoms with van der Waals surface area (Å²) in [4.78, 5) is 19.3. The number of aryl methyl sites for hydroxylation is 1. The standard InChI is InChI=1S/C21H21ClN4O2/c1-15-18(19(22)26(24-15)16-8-3-2-4-9-16)14-28-21(27)17-10-7-11-23-20(17)25-12-5-6-13-25/h2-4,7-11H,5-6,12-14H2,1H3. The molecular formula is C21H21ClN4O2. The summed E-state index contributed by atoms with van der Waals surface area (Å²) in [6.07, 6.45) is 3.92. The Kier molecular flexibility index (Phi) is 5.30. The number of pyridine rings is 1. The summed E-state index contributed by atoms with van der Waals surface area (Å²) >= 11 is 6.52. The van der Waals surface area contributed by atoms with Crippen molar-refractivity contribution in [1.29, 1.82) is 0 Å². The van der Waals surface area contributed by atoms with E-state index < -0.39 is 5.97 Å². The van der Waals surface area contributed by atoms with Crippen molar-refractivity contribution in [1.82, 2.24) is 14.8 Å². The average Bonchev–Trinajstić information content (AvgIpc) is 3.36. The number of benzene rings is 1. The molecule has 6 nitrogen and oxygen atoms in total. The zero-order chi connectivity index (χ0) is 19.5. The van der Waals surface area contributed by atoms with E-state index in [1.165, 1.54) is 0 Å². The van der Waals surface area contributed by atoms with Gasteiger partial charge in [-0.3, -0.25) is 0 Å². The van der Waals surface area contributed by atoms with Gasteiger partial charge in [0.25, 0.3) is 0 Å². The minimum Gasteiger partial charge on any atom is -0.457 e. The smallest absolute Gasteiger partial charge is 0.342 e. The SMILES string of the molecule is Cc1nn(-c2ccccc2)c(Cl)c1COC(=O)c1cccnc1N1CCCC1. The largest absolute Gasteiger partial charge is 0.457 e. The highest BCUT2D eigenvalue weighted by Gasteiger charge is 2.23. The maximum atomic E-state index is 12.7. The summed E-state index contributed by atoms with van der Waals surface area (Å²) in [6, 6.07) is 13.1. The fourth-order valence-electron chi connectivity index (χ4n) is 3.39. The van der Waals surface area contributed by atoms with E-state index >= 15 is 0 Å². The Morgan fingerprint density at radius 3 is 2.64 bits per heavy atom. The molecule has 0 N–H and O–H groups in total. The van der Waals surface area contributed by atoms with Gasteiger partial charge in [0.1, 0.15) is 23.1 Å². The van der Waals surface area contributed by atoms with Gasteiger partial charge in [-0.25, -0.2) is 14.5 Å². The van der Waals surface area contributed by atoms with Crippen molar-refractivity contribution in [2.24, 2.45) is 0 Å². The number of hydrogen-bond donors (Lipinski definition) is 0. The highest BCUT2D eigenvalue weighted by atomic mass is 35.5. The summed E-state index contributed by atoms with van der Waals surface area (Å²) in [5, 5.41) is 4.93. The predicted molar refractivity (Wildman–Crippen MR) is 108 cm³/mol. The summed E-state index contributed by atoms with van der Waals surface area (Å²) in [5.41, 5.74) is 2.77. The topological polar surface area (TPSA) is 60.3 Å². The number of anilines is 1. The van der Waals surface area contributed by atoms with Gasteiger partial charge in [-0.1, -0.05) is 29.8 Å². The lowest BCUT2D eigenvalue weighted by Crippen LogP contribution is -2.22. The lowest BCUT2D eigenvalue weighted by atomic mass is 10.2. The highest BCUT2D eigenvalue weighted by Crippen LogP contribution is 2.26. The highest BCUT2D eigenvalue weighted by molar-refractivity contribution is 6.30. The van der Waals surface area contributed by atoms with Crippen LogP contribution in [0.3, 0.4) is 0 Å². The minimum absolute atomic E-state index is 0.0602. The van der Waals surface area contributed by atoms with Gasteiger partial charge in [0.05, 0.1) is 11.4 Å². The Hall–Kier alpha value is -2.86. The second-order valence-electron chi connectivity index (χ2n) is 6.75. The molecule has 0 atom stereocenters. The molecule has 144 valence electrons. The molecule has 1 aliphatic heterocycles. The van der Waals surface area contributed by atoms with Crippen LogP contribution in [0.4, 0.5) is 5.82 Å². The molecule has 28 heavy (non-hydrogen) atoms. The van der Waals surface area contributed by atoms with Crippen LogP contribution in [-0.2, 0) is 11.3 Å². The van der Waals surface area contributed by atoms with Crippen molar-refractivity contribution in [3.05, 3.63) is 70.6 Å². The quantitative estimate of drug-likeness (QED) is 0.605. The monoisotopic (exact) mass is 396 g/mol. The number of rotatable bonds is 5. The van der Waals surface area contributed by atoms with E-state index in [1.807, 2.05) is 37.3 Å². The van der Waals surface area contributed by atoms with E-state index in [0.717, 1.165) is 37.3 Å². The van der Waals surface area contributed by atoms with E-state index in [0.29, 0.717) is 22.1 Å². The molecule has 3 heterocycles. The number of carbonyl (C=O) groups excluding carboxylic acids is 1. The van der Waals surface area contributed by atoms with Crippen LogP contribution in [-0.4, -0.2) is 33.8 Å². The maximum Gasteiger partial charge on any atom is 0.342 e. The lowest BCUT2D eigenvalue weighted by molar-refractivity contribution is 0.0472. The van der Waals surface area contributed by atoms with Crippen LogP contribution >= 0.6 is 11.6 Å². The third-order valence-electron chi connectivity index (χ3n) is 4.88. The van der Waals surface area contributed by atoms with E-state index in [4.69, 9.17) is 16.3 Å². The second kappa shape index (κ2) is 8.02. The molecule has 1 fully saturated rings. The third-order valence-corrected chi connectivity index (χ3v) is 5.27. The van der Waals surface area contributed by atoms with Crippen LogP contribution in [0.5, 0.6) is 0 Å². The maximum absolute atomic E-state index is 12.7. The molecule has 1 saturated heterocycles. The molecule has 4 rings (SSSR count). The van der Waals surface area contributed by atoms with Gasteiger partial charge in [0.15, 0.2) is 0 Å². The van der Waals surface area contributed by atoms with E-state index in [1.54, 1.807) is 23.0 Å². The Morgan fingerprint density at radius 1 is 1.14 bits per heavy atom. The number of para-hydroxylation sites is 1. The number of carbonyl (C=O) groups is 1. The summed E-state index contributed by atoms with van der Waals surface area (Å²) in [7, 11) is 0. The minimum atomic E-state index is -0.405. The van der Waals surface area contributed by atoms with Crippen LogP contribution in [0, 0.1) is 6.92 Å². The summed E-state index contributed by atoms with van der Waals surface area (Å²) in [6.45, 7) is 3.73. The van der Waals surface area contributed by atoms with Gasteiger partial charge >= 0.3 is 5.97 Å². The van der Waals surface area contributed by atoms with Crippen LogP contribution in [0.25, 0.3) is 5.69 Å². The lowest BCUT2D eigenvalue weighted by Gasteiger charge is -2.18. The number of hydrogen-bond acceptors (Lipinski definition) is 5. The molecule has 0 unspecified atom stereocenters. The predicted octanol–water partition coefficient (Wildman–Crippen LogP) is 4.19. The van der Waals surface area contributed by atoms with Crippen molar-refractivity contribution in [3.8, 4) is 5.69 Å². The first kappa shape index (κ1) is 18.5. The molecule has 1 aromatic carbocycles. The van der Waals surface area contributed by atoms with Crippen LogP contribution in [0.2, 0.25) is 5.15 Å². The molecule has 0 aliphatic carbocycles. The van der Waals surface area contributed by atoms with Crippen molar-refractivity contribution < 1.29 is 9.53 Å². The molecule has 0 radical (unpaired) electrons. The van der Waals surface area contributed by atoms with Crippen LogP contribution in [0.1, 0.15) is 34.5 Å². The first-order chi connectivity index (χ1) is 13.6. The fourth-order valence-corrected chi connectivity index (χ4v) is 3.72. The Bertz CT molecular complexity index is 981. The second-order valence-corrected chi connectivity index (χ2v) is 7.10. The van der Waals surface area contributed by atoms with Crippen molar-refractivity contribution in [2.75, 3.05) is 18.0 Å². The first-order valence-electron chi connectivity index (χ1n) is 9.31. The number of nitrogens with zero attached hydrogens (tertiary/aromatic N) is 4. The van der Waals surface area contributed by atoms with E-state index in [9.17, 15) is 4.79 Å². The number of esters is 1. The molecule has 0 amide bonds. The molecule has 0 saturated carbocycles. The van der Waals surface area contributed by atoms with E-state index in [2.05, 4.69) is 15.0 Å². The van der Waals surface area contributed by atoms with Crippen LogP contribution in [0.15, 0.2) is 48.7 Å². The molecule has 1 aliphatic rings. The number of halogens is 1. The van der Waals surface area contributed by atoms with Gasteiger partial charge < -0.3 is 9.64 Å². The zero-order valence-electron chi connectivity index (χ0n) is 15.6.